The first-order valence-electron chi connectivity index (χ1n) is 10.0. The fourth-order valence-electron chi connectivity index (χ4n) is 3.64. The normalized spacial score (nSPS) is 11.9. The zero-order valence-corrected chi connectivity index (χ0v) is 16.9. The number of methoxy groups -OCH3 is 1. The standard InChI is InChI=1S/C25H24N2O3/c1-29-22-13-7-8-14-23(22)30-16-15-26-24(18-9-3-2-4-10-18)25(28)20-17-27-21-12-6-5-11-19(20)21/h2-14,17,24,26-27H,15-16H2,1H3/p+1/t24-/m1/s1. The van der Waals surface area contributed by atoms with Gasteiger partial charge in [0.2, 0.25) is 5.78 Å². The molecule has 152 valence electrons. The molecule has 1 aromatic heterocycles. The van der Waals surface area contributed by atoms with Crippen molar-refractivity contribution in [1.29, 1.82) is 0 Å². The molecule has 0 fully saturated rings. The lowest BCUT2D eigenvalue weighted by Gasteiger charge is -2.16. The van der Waals surface area contributed by atoms with Crippen LogP contribution in [0.25, 0.3) is 10.9 Å². The van der Waals surface area contributed by atoms with Gasteiger partial charge in [-0.15, -0.1) is 0 Å². The molecule has 0 bridgehead atoms. The highest BCUT2D eigenvalue weighted by molar-refractivity contribution is 6.09. The second kappa shape index (κ2) is 9.29. The molecule has 4 rings (SSSR count). The summed E-state index contributed by atoms with van der Waals surface area (Å²) < 4.78 is 11.2. The SMILES string of the molecule is COc1ccccc1OCC[NH2+][C@@H](C(=O)c1c[nH]c2ccccc12)c1ccccc1. The highest BCUT2D eigenvalue weighted by atomic mass is 16.5. The molecular formula is C25H25N2O3+. The van der Waals surface area contributed by atoms with E-state index >= 15 is 0 Å². The number of ether oxygens (including phenoxy) is 2. The number of fused-ring (bicyclic) bond motifs is 1. The molecule has 0 spiro atoms. The van der Waals surface area contributed by atoms with Crippen molar-refractivity contribution in [3.8, 4) is 11.5 Å². The summed E-state index contributed by atoms with van der Waals surface area (Å²) in [6.45, 7) is 1.09. The van der Waals surface area contributed by atoms with Crippen molar-refractivity contribution in [2.24, 2.45) is 0 Å². The molecule has 4 aromatic rings. The number of Topliss-reactive ketones (excluding diaryl/α,β-unsaturated/α-hetero) is 1. The van der Waals surface area contributed by atoms with Gasteiger partial charge in [0.05, 0.1) is 7.11 Å². The van der Waals surface area contributed by atoms with Crippen LogP contribution in [0.1, 0.15) is 22.0 Å². The van der Waals surface area contributed by atoms with E-state index < -0.39 is 0 Å². The maximum atomic E-state index is 13.5. The van der Waals surface area contributed by atoms with E-state index in [4.69, 9.17) is 9.47 Å². The summed E-state index contributed by atoms with van der Waals surface area (Å²) in [5.41, 5.74) is 2.65. The molecule has 5 nitrogen and oxygen atoms in total. The van der Waals surface area contributed by atoms with E-state index in [-0.39, 0.29) is 11.8 Å². The first-order valence-corrected chi connectivity index (χ1v) is 10.0. The minimum Gasteiger partial charge on any atom is -0.493 e. The van der Waals surface area contributed by atoms with E-state index in [9.17, 15) is 4.79 Å². The van der Waals surface area contributed by atoms with Gasteiger partial charge >= 0.3 is 0 Å². The molecule has 0 amide bonds. The van der Waals surface area contributed by atoms with Gasteiger partial charge in [-0.2, -0.15) is 0 Å². The van der Waals surface area contributed by atoms with Gasteiger partial charge in [-0.1, -0.05) is 60.7 Å². The van der Waals surface area contributed by atoms with Crippen LogP contribution in [0, 0.1) is 0 Å². The van der Waals surface area contributed by atoms with Crippen molar-refractivity contribution in [1.82, 2.24) is 4.98 Å². The predicted molar refractivity (Wildman–Crippen MR) is 117 cm³/mol. The molecule has 3 aromatic carbocycles. The number of carbonyl (C=O) groups is 1. The lowest BCUT2D eigenvalue weighted by Crippen LogP contribution is -2.87. The molecule has 0 radical (unpaired) electrons. The summed E-state index contributed by atoms with van der Waals surface area (Å²) in [4.78, 5) is 16.7. The molecule has 1 atom stereocenters. The van der Waals surface area contributed by atoms with Gasteiger partial charge in [-0.25, -0.2) is 0 Å². The molecule has 3 N–H and O–H groups in total. The number of aromatic nitrogens is 1. The molecule has 0 aliphatic carbocycles. The number of carbonyl (C=O) groups excluding carboxylic acids is 1. The van der Waals surface area contributed by atoms with E-state index in [0.29, 0.717) is 30.2 Å². The van der Waals surface area contributed by atoms with Crippen LogP contribution in [0.4, 0.5) is 0 Å². The number of para-hydroxylation sites is 3. The molecule has 0 aliphatic heterocycles. The van der Waals surface area contributed by atoms with Crippen LogP contribution in [0.5, 0.6) is 11.5 Å². The van der Waals surface area contributed by atoms with E-state index in [1.165, 1.54) is 0 Å². The highest BCUT2D eigenvalue weighted by Gasteiger charge is 2.27. The Morgan fingerprint density at radius 3 is 2.43 bits per heavy atom. The van der Waals surface area contributed by atoms with Crippen molar-refractivity contribution < 1.29 is 19.6 Å². The smallest absolute Gasteiger partial charge is 0.226 e. The van der Waals surface area contributed by atoms with Crippen molar-refractivity contribution >= 4 is 16.7 Å². The first kappa shape index (κ1) is 19.7. The first-order chi connectivity index (χ1) is 14.8. The molecule has 1 heterocycles. The number of hydrogen-bond donors (Lipinski definition) is 2. The third-order valence-electron chi connectivity index (χ3n) is 5.14. The average Bonchev–Trinajstić information content (AvgIpc) is 3.24. The Hall–Kier alpha value is -3.57. The van der Waals surface area contributed by atoms with Gasteiger partial charge in [0.15, 0.2) is 17.5 Å². The molecule has 0 saturated heterocycles. The number of hydrogen-bond acceptors (Lipinski definition) is 3. The zero-order chi connectivity index (χ0) is 20.8. The molecular weight excluding hydrogens is 376 g/mol. The average molecular weight is 401 g/mol. The Bertz CT molecular complexity index is 1120. The molecule has 5 heteroatoms. The van der Waals surface area contributed by atoms with Crippen molar-refractivity contribution in [3.63, 3.8) is 0 Å². The number of quaternary nitrogens is 1. The van der Waals surface area contributed by atoms with Gasteiger partial charge in [0, 0.05) is 28.2 Å². The monoisotopic (exact) mass is 401 g/mol. The minimum absolute atomic E-state index is 0.0796. The second-order valence-electron chi connectivity index (χ2n) is 7.02. The Morgan fingerprint density at radius 1 is 0.933 bits per heavy atom. The van der Waals surface area contributed by atoms with E-state index in [2.05, 4.69) is 4.98 Å². The van der Waals surface area contributed by atoms with Gasteiger partial charge in [0.1, 0.15) is 13.2 Å². The summed E-state index contributed by atoms with van der Waals surface area (Å²) in [5.74, 6) is 1.48. The Labute approximate surface area is 175 Å². The number of nitrogens with one attached hydrogen (secondary N) is 1. The molecule has 0 unspecified atom stereocenters. The summed E-state index contributed by atoms with van der Waals surface area (Å²) in [6.07, 6.45) is 1.81. The maximum Gasteiger partial charge on any atom is 0.226 e. The summed E-state index contributed by atoms with van der Waals surface area (Å²) in [7, 11) is 1.62. The maximum absolute atomic E-state index is 13.5. The summed E-state index contributed by atoms with van der Waals surface area (Å²) in [5, 5.41) is 2.98. The molecule has 0 aliphatic rings. The van der Waals surface area contributed by atoms with Gasteiger partial charge in [-0.05, 0) is 18.2 Å². The second-order valence-corrected chi connectivity index (χ2v) is 7.02. The van der Waals surface area contributed by atoms with E-state index in [0.717, 1.165) is 16.5 Å². The predicted octanol–water partition coefficient (Wildman–Crippen LogP) is 3.74. The zero-order valence-electron chi connectivity index (χ0n) is 16.9. The topological polar surface area (TPSA) is 67.9 Å². The summed E-state index contributed by atoms with van der Waals surface area (Å²) in [6, 6.07) is 25.0. The number of benzene rings is 3. The fourth-order valence-corrected chi connectivity index (χ4v) is 3.64. The molecule has 30 heavy (non-hydrogen) atoms. The van der Waals surface area contributed by atoms with Crippen molar-refractivity contribution in [3.05, 3.63) is 96.2 Å². The van der Waals surface area contributed by atoms with E-state index in [1.807, 2.05) is 90.4 Å². The van der Waals surface area contributed by atoms with Gasteiger partial charge in [0.25, 0.3) is 0 Å². The number of ketones is 1. The fraction of sp³-hybridized carbons (Fsp3) is 0.160. The third kappa shape index (κ3) is 4.21. The van der Waals surface area contributed by atoms with Gasteiger partial charge in [-0.3, -0.25) is 4.79 Å². The van der Waals surface area contributed by atoms with Crippen LogP contribution in [0.15, 0.2) is 85.1 Å². The van der Waals surface area contributed by atoms with Gasteiger partial charge < -0.3 is 19.8 Å². The minimum atomic E-state index is -0.341. The number of H-pyrrole nitrogens is 1. The number of rotatable bonds is 9. The Balaban J connectivity index is 1.50. The van der Waals surface area contributed by atoms with Crippen molar-refractivity contribution in [2.75, 3.05) is 20.3 Å². The third-order valence-corrected chi connectivity index (χ3v) is 5.14. The van der Waals surface area contributed by atoms with Crippen LogP contribution in [0.3, 0.4) is 0 Å². The van der Waals surface area contributed by atoms with E-state index in [1.54, 1.807) is 7.11 Å². The van der Waals surface area contributed by atoms with Crippen LogP contribution in [-0.4, -0.2) is 31.0 Å². The molecule has 0 saturated carbocycles. The number of nitrogens with two attached hydrogens (primary N) is 1. The Morgan fingerprint density at radius 2 is 1.63 bits per heavy atom. The van der Waals surface area contributed by atoms with Crippen LogP contribution >= 0.6 is 0 Å². The van der Waals surface area contributed by atoms with Crippen LogP contribution < -0.4 is 14.8 Å². The lowest BCUT2D eigenvalue weighted by molar-refractivity contribution is -0.682. The van der Waals surface area contributed by atoms with Crippen LogP contribution in [0.2, 0.25) is 0 Å². The van der Waals surface area contributed by atoms with Crippen molar-refractivity contribution in [2.45, 2.75) is 6.04 Å². The van der Waals surface area contributed by atoms with Crippen LogP contribution in [-0.2, 0) is 0 Å². The highest BCUT2D eigenvalue weighted by Crippen LogP contribution is 2.25. The largest absolute Gasteiger partial charge is 0.493 e. The number of aromatic amines is 1. The quantitative estimate of drug-likeness (QED) is 0.332. The lowest BCUT2D eigenvalue weighted by atomic mass is 9.97. The summed E-state index contributed by atoms with van der Waals surface area (Å²) >= 11 is 0. The Kier molecular flexibility index (Phi) is 6.11.